The lowest BCUT2D eigenvalue weighted by Crippen LogP contribution is -2.28. The summed E-state index contributed by atoms with van der Waals surface area (Å²) in [4.78, 5) is 32.1. The van der Waals surface area contributed by atoms with Crippen LogP contribution >= 0.6 is 0 Å². The fourth-order valence-corrected chi connectivity index (χ4v) is 2.68. The first-order valence-electron chi connectivity index (χ1n) is 8.55. The van der Waals surface area contributed by atoms with Crippen molar-refractivity contribution in [3.8, 4) is 0 Å². The Morgan fingerprint density at radius 1 is 1.04 bits per heavy atom. The van der Waals surface area contributed by atoms with E-state index in [4.69, 9.17) is 11.5 Å². The number of hydrogen-bond acceptors (Lipinski definition) is 6. The fraction of sp³-hybridized carbons (Fsp3) is 0.100. The Kier molecular flexibility index (Phi) is 5.50. The van der Waals surface area contributed by atoms with E-state index in [-0.39, 0.29) is 17.3 Å². The van der Waals surface area contributed by atoms with Gasteiger partial charge < -0.3 is 22.1 Å². The lowest BCUT2D eigenvalue weighted by atomic mass is 10.1. The summed E-state index contributed by atoms with van der Waals surface area (Å²) in [6, 6.07) is 15.7. The lowest BCUT2D eigenvalue weighted by molar-refractivity contribution is -0.118. The van der Waals surface area contributed by atoms with Crippen molar-refractivity contribution >= 4 is 29.3 Å². The number of anilines is 3. The molecule has 28 heavy (non-hydrogen) atoms. The van der Waals surface area contributed by atoms with E-state index in [2.05, 4.69) is 20.6 Å². The van der Waals surface area contributed by atoms with E-state index >= 15 is 0 Å². The minimum atomic E-state index is -0.826. The molecule has 0 bridgehead atoms. The largest absolute Gasteiger partial charge is 0.368 e. The number of aromatic nitrogens is 2. The van der Waals surface area contributed by atoms with Gasteiger partial charge in [-0.05, 0) is 30.2 Å². The predicted octanol–water partition coefficient (Wildman–Crippen LogP) is 2.27. The second-order valence-corrected chi connectivity index (χ2v) is 6.21. The SMILES string of the molecule is Cc1cccc(Nc2nc(N[C@@H](C(N)=O)c3ccccc3)ncc2C(N)=O)c1. The molecule has 0 aliphatic heterocycles. The van der Waals surface area contributed by atoms with Crippen molar-refractivity contribution in [3.05, 3.63) is 77.5 Å². The third-order valence-electron chi connectivity index (χ3n) is 4.03. The number of amides is 2. The van der Waals surface area contributed by atoms with Crippen LogP contribution in [0.4, 0.5) is 17.5 Å². The summed E-state index contributed by atoms with van der Waals surface area (Å²) in [7, 11) is 0. The monoisotopic (exact) mass is 376 g/mol. The minimum absolute atomic E-state index is 0.127. The number of aryl methyl sites for hydroxylation is 1. The molecule has 1 heterocycles. The highest BCUT2D eigenvalue weighted by Gasteiger charge is 2.20. The van der Waals surface area contributed by atoms with Crippen LogP contribution in [0.15, 0.2) is 60.8 Å². The summed E-state index contributed by atoms with van der Waals surface area (Å²) < 4.78 is 0. The second kappa shape index (κ2) is 8.17. The molecule has 6 N–H and O–H groups in total. The van der Waals surface area contributed by atoms with Crippen LogP contribution in [0, 0.1) is 6.92 Å². The van der Waals surface area contributed by atoms with E-state index < -0.39 is 17.9 Å². The molecule has 0 radical (unpaired) electrons. The molecular formula is C20H20N6O2. The highest BCUT2D eigenvalue weighted by Crippen LogP contribution is 2.22. The molecule has 0 aliphatic rings. The molecule has 0 aliphatic carbocycles. The predicted molar refractivity (Wildman–Crippen MR) is 107 cm³/mol. The topological polar surface area (TPSA) is 136 Å². The molecule has 0 fully saturated rings. The number of carbonyl (C=O) groups excluding carboxylic acids is 2. The van der Waals surface area contributed by atoms with Crippen LogP contribution in [0.5, 0.6) is 0 Å². The van der Waals surface area contributed by atoms with Gasteiger partial charge in [-0.15, -0.1) is 0 Å². The smallest absolute Gasteiger partial charge is 0.254 e. The van der Waals surface area contributed by atoms with Crippen molar-refractivity contribution in [2.45, 2.75) is 13.0 Å². The van der Waals surface area contributed by atoms with Gasteiger partial charge in [0.05, 0.1) is 0 Å². The van der Waals surface area contributed by atoms with Gasteiger partial charge in [0.2, 0.25) is 11.9 Å². The number of rotatable bonds is 7. The van der Waals surface area contributed by atoms with Gasteiger partial charge in [-0.25, -0.2) is 4.98 Å². The maximum atomic E-state index is 11.9. The Morgan fingerprint density at radius 2 is 1.79 bits per heavy atom. The number of carbonyl (C=O) groups is 2. The Bertz CT molecular complexity index is 1010. The summed E-state index contributed by atoms with van der Waals surface area (Å²) in [5.74, 6) is -0.891. The minimum Gasteiger partial charge on any atom is -0.368 e. The Hall–Kier alpha value is -3.94. The van der Waals surface area contributed by atoms with E-state index in [1.54, 1.807) is 24.3 Å². The zero-order chi connectivity index (χ0) is 20.1. The quantitative estimate of drug-likeness (QED) is 0.499. The van der Waals surface area contributed by atoms with Gasteiger partial charge in [-0.1, -0.05) is 42.5 Å². The highest BCUT2D eigenvalue weighted by atomic mass is 16.1. The molecule has 3 rings (SSSR count). The Morgan fingerprint density at radius 3 is 2.43 bits per heavy atom. The van der Waals surface area contributed by atoms with E-state index in [9.17, 15) is 9.59 Å². The highest BCUT2D eigenvalue weighted by molar-refractivity contribution is 5.98. The van der Waals surface area contributed by atoms with Crippen LogP contribution in [-0.2, 0) is 4.79 Å². The average Bonchev–Trinajstić information content (AvgIpc) is 2.66. The molecule has 3 aromatic rings. The van der Waals surface area contributed by atoms with E-state index in [0.717, 1.165) is 11.3 Å². The number of nitrogens with two attached hydrogens (primary N) is 2. The van der Waals surface area contributed by atoms with Crippen LogP contribution in [0.1, 0.15) is 27.5 Å². The van der Waals surface area contributed by atoms with Gasteiger partial charge in [0.25, 0.3) is 5.91 Å². The molecule has 0 spiro atoms. The van der Waals surface area contributed by atoms with E-state index in [1.807, 2.05) is 37.3 Å². The van der Waals surface area contributed by atoms with E-state index in [1.165, 1.54) is 6.20 Å². The Balaban J connectivity index is 1.93. The van der Waals surface area contributed by atoms with Gasteiger partial charge >= 0.3 is 0 Å². The number of primary amides is 2. The number of hydrogen-bond donors (Lipinski definition) is 4. The van der Waals surface area contributed by atoms with Gasteiger partial charge in [0.1, 0.15) is 17.4 Å². The third-order valence-corrected chi connectivity index (χ3v) is 4.03. The van der Waals surface area contributed by atoms with Crippen molar-refractivity contribution in [2.24, 2.45) is 11.5 Å². The van der Waals surface area contributed by atoms with E-state index in [0.29, 0.717) is 5.56 Å². The molecule has 0 saturated heterocycles. The lowest BCUT2D eigenvalue weighted by Gasteiger charge is -2.17. The fourth-order valence-electron chi connectivity index (χ4n) is 2.68. The molecule has 1 aromatic heterocycles. The van der Waals surface area contributed by atoms with Crippen molar-refractivity contribution in [2.75, 3.05) is 10.6 Å². The molecule has 8 heteroatoms. The molecule has 0 unspecified atom stereocenters. The number of nitrogens with zero attached hydrogens (tertiary/aromatic N) is 2. The molecular weight excluding hydrogens is 356 g/mol. The Labute approximate surface area is 162 Å². The van der Waals surface area contributed by atoms with Gasteiger partial charge in [0.15, 0.2) is 0 Å². The van der Waals surface area contributed by atoms with Crippen LogP contribution < -0.4 is 22.1 Å². The molecule has 2 amide bonds. The van der Waals surface area contributed by atoms with Crippen LogP contribution in [0.2, 0.25) is 0 Å². The van der Waals surface area contributed by atoms with Gasteiger partial charge in [-0.3, -0.25) is 9.59 Å². The number of benzene rings is 2. The summed E-state index contributed by atoms with van der Waals surface area (Å²) >= 11 is 0. The first-order valence-corrected chi connectivity index (χ1v) is 8.55. The summed E-state index contributed by atoms with van der Waals surface area (Å²) in [6.45, 7) is 1.95. The van der Waals surface area contributed by atoms with Crippen molar-refractivity contribution < 1.29 is 9.59 Å². The standard InChI is InChI=1S/C20H20N6O2/c1-12-6-5-9-14(10-12)24-19-15(17(21)27)11-23-20(26-19)25-16(18(22)28)13-7-3-2-4-8-13/h2-11,16H,1H3,(H2,21,27)(H2,22,28)(H2,23,24,25,26)/t16-/m1/s1. The molecule has 0 saturated carbocycles. The van der Waals surface area contributed by atoms with Crippen molar-refractivity contribution in [1.29, 1.82) is 0 Å². The number of nitrogens with one attached hydrogen (secondary N) is 2. The molecule has 8 nitrogen and oxygen atoms in total. The normalized spacial score (nSPS) is 11.5. The van der Waals surface area contributed by atoms with Crippen LogP contribution in [0.3, 0.4) is 0 Å². The first kappa shape index (κ1) is 18.8. The van der Waals surface area contributed by atoms with Crippen LogP contribution in [-0.4, -0.2) is 21.8 Å². The zero-order valence-electron chi connectivity index (χ0n) is 15.2. The average molecular weight is 376 g/mol. The third kappa shape index (κ3) is 4.42. The van der Waals surface area contributed by atoms with Crippen molar-refractivity contribution in [1.82, 2.24) is 9.97 Å². The molecule has 2 aromatic carbocycles. The summed E-state index contributed by atoms with van der Waals surface area (Å²) in [5, 5.41) is 5.98. The first-order chi connectivity index (χ1) is 13.4. The van der Waals surface area contributed by atoms with Gasteiger partial charge in [-0.2, -0.15) is 4.98 Å². The maximum absolute atomic E-state index is 11.9. The zero-order valence-corrected chi connectivity index (χ0v) is 15.2. The maximum Gasteiger partial charge on any atom is 0.254 e. The summed E-state index contributed by atoms with van der Waals surface area (Å²) in [5.41, 5.74) is 13.5. The summed E-state index contributed by atoms with van der Waals surface area (Å²) in [6.07, 6.45) is 1.30. The van der Waals surface area contributed by atoms with Crippen molar-refractivity contribution in [3.63, 3.8) is 0 Å². The second-order valence-electron chi connectivity index (χ2n) is 6.21. The molecule has 142 valence electrons. The molecule has 1 atom stereocenters. The van der Waals surface area contributed by atoms with Gasteiger partial charge in [0, 0.05) is 11.9 Å². The van der Waals surface area contributed by atoms with Crippen LogP contribution in [0.25, 0.3) is 0 Å².